The van der Waals surface area contributed by atoms with E-state index < -0.39 is 5.54 Å². The predicted molar refractivity (Wildman–Crippen MR) is 66.7 cm³/mol. The Labute approximate surface area is 103 Å². The second-order valence-electron chi connectivity index (χ2n) is 5.75. The van der Waals surface area contributed by atoms with Crippen molar-refractivity contribution in [3.8, 4) is 0 Å². The van der Waals surface area contributed by atoms with Crippen LogP contribution in [0.1, 0.15) is 41.0 Å². The van der Waals surface area contributed by atoms with Crippen LogP contribution in [0.2, 0.25) is 0 Å². The molecule has 0 aromatic carbocycles. The highest BCUT2D eigenvalue weighted by atomic mass is 16.2. The lowest BCUT2D eigenvalue weighted by Gasteiger charge is -2.23. The number of nitrogens with zero attached hydrogens (tertiary/aromatic N) is 1. The number of hydrogen-bond donors (Lipinski definition) is 2. The van der Waals surface area contributed by atoms with E-state index in [0.29, 0.717) is 19.5 Å². The summed E-state index contributed by atoms with van der Waals surface area (Å²) in [6, 6.07) is -0.282. The summed E-state index contributed by atoms with van der Waals surface area (Å²) < 4.78 is 0. The average molecular weight is 241 g/mol. The summed E-state index contributed by atoms with van der Waals surface area (Å²) in [5.41, 5.74) is -0.730. The van der Waals surface area contributed by atoms with Gasteiger partial charge in [-0.05, 0) is 34.1 Å². The fraction of sp³-hybridized carbons (Fsp3) is 0.833. The van der Waals surface area contributed by atoms with E-state index in [0.717, 1.165) is 0 Å². The van der Waals surface area contributed by atoms with E-state index >= 15 is 0 Å². The molecule has 98 valence electrons. The van der Waals surface area contributed by atoms with Gasteiger partial charge in [0.15, 0.2) is 0 Å². The molecule has 1 saturated heterocycles. The van der Waals surface area contributed by atoms with Crippen molar-refractivity contribution in [2.45, 2.75) is 52.1 Å². The Kier molecular flexibility index (Phi) is 3.81. The van der Waals surface area contributed by atoms with E-state index in [2.05, 4.69) is 31.4 Å². The molecule has 1 aliphatic heterocycles. The molecule has 1 fully saturated rings. The summed E-state index contributed by atoms with van der Waals surface area (Å²) >= 11 is 0. The van der Waals surface area contributed by atoms with Crippen molar-refractivity contribution in [2.24, 2.45) is 0 Å². The number of hydrogen-bond acceptors (Lipinski definition) is 3. The molecular weight excluding hydrogens is 218 g/mol. The number of imide groups is 1. The lowest BCUT2D eigenvalue weighted by atomic mass is 9.99. The van der Waals surface area contributed by atoms with Crippen LogP contribution in [0.5, 0.6) is 0 Å². The Morgan fingerprint density at radius 3 is 2.35 bits per heavy atom. The maximum absolute atomic E-state index is 12.0. The fourth-order valence-corrected chi connectivity index (χ4v) is 1.73. The first-order valence-electron chi connectivity index (χ1n) is 6.09. The molecular formula is C12H23N3O2. The SMILES string of the molecule is CCC1(C)NC(=O)N(CCNC(C)(C)C)C1=O. The molecule has 0 aromatic rings. The van der Waals surface area contributed by atoms with Crippen molar-refractivity contribution in [2.75, 3.05) is 13.1 Å². The molecule has 0 radical (unpaired) electrons. The smallest absolute Gasteiger partial charge is 0.323 e. The van der Waals surface area contributed by atoms with E-state index in [1.54, 1.807) is 6.92 Å². The largest absolute Gasteiger partial charge is 0.325 e. The predicted octanol–water partition coefficient (Wildman–Crippen LogP) is 1.09. The van der Waals surface area contributed by atoms with Crippen molar-refractivity contribution in [1.29, 1.82) is 0 Å². The summed E-state index contributed by atoms with van der Waals surface area (Å²) in [4.78, 5) is 25.0. The Bertz CT molecular complexity index is 322. The van der Waals surface area contributed by atoms with Gasteiger partial charge in [0.1, 0.15) is 5.54 Å². The van der Waals surface area contributed by atoms with Crippen LogP contribution in [-0.4, -0.2) is 41.0 Å². The minimum Gasteiger partial charge on any atom is -0.323 e. The van der Waals surface area contributed by atoms with E-state index in [-0.39, 0.29) is 17.5 Å². The van der Waals surface area contributed by atoms with Gasteiger partial charge in [-0.25, -0.2) is 4.79 Å². The van der Waals surface area contributed by atoms with Crippen LogP contribution in [0.3, 0.4) is 0 Å². The molecule has 0 aliphatic carbocycles. The van der Waals surface area contributed by atoms with E-state index in [1.807, 2.05) is 6.92 Å². The molecule has 5 heteroatoms. The maximum atomic E-state index is 12.0. The van der Waals surface area contributed by atoms with E-state index in [4.69, 9.17) is 0 Å². The van der Waals surface area contributed by atoms with Gasteiger partial charge in [0.05, 0.1) is 0 Å². The molecule has 3 amide bonds. The lowest BCUT2D eigenvalue weighted by molar-refractivity contribution is -0.130. The van der Waals surface area contributed by atoms with Gasteiger partial charge in [-0.2, -0.15) is 0 Å². The first kappa shape index (κ1) is 14.0. The number of carbonyl (C=O) groups is 2. The minimum atomic E-state index is -0.723. The van der Waals surface area contributed by atoms with Gasteiger partial charge in [0.25, 0.3) is 5.91 Å². The molecule has 17 heavy (non-hydrogen) atoms. The number of amides is 3. The summed E-state index contributed by atoms with van der Waals surface area (Å²) in [6.07, 6.45) is 0.612. The zero-order chi connectivity index (χ0) is 13.3. The standard InChI is InChI=1S/C12H23N3O2/c1-6-12(5)9(16)15(10(17)14-12)8-7-13-11(2,3)4/h13H,6-8H2,1-5H3,(H,14,17). The van der Waals surface area contributed by atoms with Crippen LogP contribution in [0.15, 0.2) is 0 Å². The van der Waals surface area contributed by atoms with Gasteiger partial charge in [-0.15, -0.1) is 0 Å². The van der Waals surface area contributed by atoms with E-state index in [9.17, 15) is 9.59 Å². The van der Waals surface area contributed by atoms with Gasteiger partial charge >= 0.3 is 6.03 Å². The molecule has 1 heterocycles. The Balaban J connectivity index is 2.56. The van der Waals surface area contributed by atoms with Crippen LogP contribution < -0.4 is 10.6 Å². The first-order chi connectivity index (χ1) is 7.69. The summed E-state index contributed by atoms with van der Waals surface area (Å²) in [5.74, 6) is -0.124. The van der Waals surface area contributed by atoms with Crippen molar-refractivity contribution in [1.82, 2.24) is 15.5 Å². The Morgan fingerprint density at radius 2 is 1.94 bits per heavy atom. The quantitative estimate of drug-likeness (QED) is 0.724. The zero-order valence-electron chi connectivity index (χ0n) is 11.4. The highest BCUT2D eigenvalue weighted by Crippen LogP contribution is 2.20. The molecule has 2 N–H and O–H groups in total. The van der Waals surface area contributed by atoms with Crippen LogP contribution >= 0.6 is 0 Å². The van der Waals surface area contributed by atoms with Gasteiger partial charge in [0, 0.05) is 18.6 Å². The number of nitrogens with one attached hydrogen (secondary N) is 2. The third-order valence-corrected chi connectivity index (χ3v) is 3.04. The summed E-state index contributed by atoms with van der Waals surface area (Å²) in [6.45, 7) is 10.8. The van der Waals surface area contributed by atoms with Gasteiger partial charge in [0.2, 0.25) is 0 Å². The second kappa shape index (κ2) is 4.64. The highest BCUT2D eigenvalue weighted by Gasteiger charge is 2.46. The number of carbonyl (C=O) groups excluding carboxylic acids is 2. The summed E-state index contributed by atoms with van der Waals surface area (Å²) in [7, 11) is 0. The minimum absolute atomic E-state index is 0.00664. The summed E-state index contributed by atoms with van der Waals surface area (Å²) in [5, 5.41) is 6.00. The topological polar surface area (TPSA) is 61.4 Å². The average Bonchev–Trinajstić information content (AvgIpc) is 2.41. The van der Waals surface area contributed by atoms with Gasteiger partial charge in [-0.1, -0.05) is 6.92 Å². The van der Waals surface area contributed by atoms with Crippen LogP contribution in [0.25, 0.3) is 0 Å². The third-order valence-electron chi connectivity index (χ3n) is 3.04. The third kappa shape index (κ3) is 3.19. The number of urea groups is 1. The Morgan fingerprint density at radius 1 is 1.35 bits per heavy atom. The van der Waals surface area contributed by atoms with Crippen molar-refractivity contribution < 1.29 is 9.59 Å². The molecule has 0 bridgehead atoms. The van der Waals surface area contributed by atoms with Crippen molar-refractivity contribution in [3.05, 3.63) is 0 Å². The monoisotopic (exact) mass is 241 g/mol. The van der Waals surface area contributed by atoms with E-state index in [1.165, 1.54) is 4.90 Å². The van der Waals surface area contributed by atoms with Crippen molar-refractivity contribution >= 4 is 11.9 Å². The van der Waals surface area contributed by atoms with Gasteiger partial charge < -0.3 is 10.6 Å². The molecule has 1 rings (SSSR count). The first-order valence-corrected chi connectivity index (χ1v) is 6.09. The lowest BCUT2D eigenvalue weighted by Crippen LogP contribution is -2.45. The normalized spacial score (nSPS) is 25.4. The molecule has 1 atom stereocenters. The zero-order valence-corrected chi connectivity index (χ0v) is 11.4. The fourth-order valence-electron chi connectivity index (χ4n) is 1.73. The molecule has 1 aliphatic rings. The molecule has 1 unspecified atom stereocenters. The molecule has 0 saturated carbocycles. The Hall–Kier alpha value is -1.10. The molecule has 0 spiro atoms. The second-order valence-corrected chi connectivity index (χ2v) is 5.75. The van der Waals surface area contributed by atoms with Crippen molar-refractivity contribution in [3.63, 3.8) is 0 Å². The number of rotatable bonds is 4. The maximum Gasteiger partial charge on any atom is 0.325 e. The van der Waals surface area contributed by atoms with Gasteiger partial charge in [-0.3, -0.25) is 9.69 Å². The molecule has 0 aromatic heterocycles. The highest BCUT2D eigenvalue weighted by molar-refractivity contribution is 6.06. The van der Waals surface area contributed by atoms with Crippen LogP contribution in [0, 0.1) is 0 Å². The molecule has 5 nitrogen and oxygen atoms in total. The van der Waals surface area contributed by atoms with Crippen LogP contribution in [-0.2, 0) is 4.79 Å². The van der Waals surface area contributed by atoms with Crippen LogP contribution in [0.4, 0.5) is 4.79 Å².